The number of nitrogens with zero attached hydrogens (tertiary/aromatic N) is 2. The van der Waals surface area contributed by atoms with Gasteiger partial charge < -0.3 is 4.90 Å². The first-order valence-corrected chi connectivity index (χ1v) is 9.75. The van der Waals surface area contributed by atoms with Crippen molar-refractivity contribution in [3.63, 3.8) is 0 Å². The minimum Gasteiger partial charge on any atom is -0.343 e. The lowest BCUT2D eigenvalue weighted by Crippen LogP contribution is -2.38. The van der Waals surface area contributed by atoms with Crippen molar-refractivity contribution in [2.24, 2.45) is 4.99 Å². The summed E-state index contributed by atoms with van der Waals surface area (Å²) in [6.45, 7) is 1.77. The Morgan fingerprint density at radius 1 is 1.00 bits per heavy atom. The number of rotatable bonds is 4. The molecule has 1 atom stereocenters. The summed E-state index contributed by atoms with van der Waals surface area (Å²) in [5.41, 5.74) is 1.41. The number of piperidine rings is 1. The van der Waals surface area contributed by atoms with E-state index in [4.69, 9.17) is 4.99 Å². The van der Waals surface area contributed by atoms with Gasteiger partial charge in [-0.25, -0.2) is 0 Å². The SMILES string of the molecule is O=C(CCC1CC=c2ccccc2=N1)N1CCC(c2ccccc2)CC1. The molecule has 2 aromatic carbocycles. The first-order valence-electron chi connectivity index (χ1n) is 9.75. The van der Waals surface area contributed by atoms with E-state index in [9.17, 15) is 4.79 Å². The lowest BCUT2D eigenvalue weighted by Gasteiger charge is -2.32. The van der Waals surface area contributed by atoms with Crippen LogP contribution in [0.25, 0.3) is 6.08 Å². The van der Waals surface area contributed by atoms with Gasteiger partial charge in [0.1, 0.15) is 0 Å². The molecule has 0 aromatic heterocycles. The standard InChI is InChI=1S/C23H26N2O/c26-23(13-12-21-11-10-20-8-4-5-9-22(20)24-21)25-16-14-19(15-17-25)18-6-2-1-3-7-18/h1-10,19,21H,11-17H2. The second-order valence-electron chi connectivity index (χ2n) is 7.39. The number of carbonyl (C=O) groups excluding carboxylic acids is 1. The van der Waals surface area contributed by atoms with Crippen LogP contribution in [-0.4, -0.2) is 29.9 Å². The molecule has 2 aliphatic heterocycles. The average molecular weight is 346 g/mol. The molecule has 0 spiro atoms. The van der Waals surface area contributed by atoms with E-state index in [0.717, 1.165) is 44.1 Å². The van der Waals surface area contributed by atoms with E-state index in [1.54, 1.807) is 0 Å². The fourth-order valence-electron chi connectivity index (χ4n) is 4.11. The molecule has 1 saturated heterocycles. The molecular formula is C23H26N2O. The summed E-state index contributed by atoms with van der Waals surface area (Å²) in [6, 6.07) is 19.2. The molecule has 0 saturated carbocycles. The van der Waals surface area contributed by atoms with Crippen LogP contribution in [-0.2, 0) is 4.79 Å². The highest BCUT2D eigenvalue weighted by atomic mass is 16.2. The molecule has 26 heavy (non-hydrogen) atoms. The van der Waals surface area contributed by atoms with Gasteiger partial charge in [0.05, 0.1) is 11.4 Å². The van der Waals surface area contributed by atoms with Gasteiger partial charge in [0.25, 0.3) is 0 Å². The summed E-state index contributed by atoms with van der Waals surface area (Å²) in [7, 11) is 0. The molecule has 3 nitrogen and oxygen atoms in total. The highest BCUT2D eigenvalue weighted by molar-refractivity contribution is 5.76. The van der Waals surface area contributed by atoms with Gasteiger partial charge in [0, 0.05) is 19.5 Å². The summed E-state index contributed by atoms with van der Waals surface area (Å²) < 4.78 is 0. The molecule has 134 valence electrons. The van der Waals surface area contributed by atoms with Gasteiger partial charge in [-0.3, -0.25) is 9.79 Å². The van der Waals surface area contributed by atoms with Gasteiger partial charge >= 0.3 is 0 Å². The van der Waals surface area contributed by atoms with Crippen molar-refractivity contribution in [2.45, 2.75) is 44.1 Å². The zero-order chi connectivity index (χ0) is 17.8. The Morgan fingerprint density at radius 2 is 1.73 bits per heavy atom. The maximum Gasteiger partial charge on any atom is 0.222 e. The Balaban J connectivity index is 1.28. The molecule has 0 N–H and O–H groups in total. The van der Waals surface area contributed by atoms with Crippen LogP contribution in [0.15, 0.2) is 59.6 Å². The Kier molecular flexibility index (Phi) is 5.14. The molecule has 1 amide bonds. The molecule has 0 aliphatic carbocycles. The van der Waals surface area contributed by atoms with Crippen LogP contribution in [0.2, 0.25) is 0 Å². The minimum atomic E-state index is 0.246. The van der Waals surface area contributed by atoms with Crippen molar-refractivity contribution in [1.29, 1.82) is 0 Å². The predicted molar refractivity (Wildman–Crippen MR) is 104 cm³/mol. The number of para-hydroxylation sites is 1. The second-order valence-corrected chi connectivity index (χ2v) is 7.39. The van der Waals surface area contributed by atoms with Crippen molar-refractivity contribution in [2.75, 3.05) is 13.1 Å². The Labute approximate surface area is 155 Å². The van der Waals surface area contributed by atoms with Crippen molar-refractivity contribution in [3.8, 4) is 0 Å². The number of benzene rings is 2. The average Bonchev–Trinajstić information content (AvgIpc) is 2.72. The molecule has 0 radical (unpaired) electrons. The van der Waals surface area contributed by atoms with Gasteiger partial charge in [-0.15, -0.1) is 0 Å². The normalized spacial score (nSPS) is 20.0. The van der Waals surface area contributed by atoms with E-state index in [2.05, 4.69) is 53.4 Å². The maximum atomic E-state index is 12.6. The summed E-state index contributed by atoms with van der Waals surface area (Å²) in [4.78, 5) is 19.5. The van der Waals surface area contributed by atoms with E-state index >= 15 is 0 Å². The number of hydrogen-bond donors (Lipinski definition) is 0. The zero-order valence-electron chi connectivity index (χ0n) is 15.2. The molecule has 1 fully saturated rings. The fraction of sp³-hybridized carbons (Fsp3) is 0.391. The predicted octanol–water partition coefficient (Wildman–Crippen LogP) is 3.05. The molecule has 2 aliphatic rings. The molecule has 2 aromatic rings. The first-order chi connectivity index (χ1) is 12.8. The van der Waals surface area contributed by atoms with Crippen molar-refractivity contribution < 1.29 is 4.79 Å². The van der Waals surface area contributed by atoms with Crippen LogP contribution in [0.5, 0.6) is 0 Å². The van der Waals surface area contributed by atoms with E-state index < -0.39 is 0 Å². The maximum absolute atomic E-state index is 12.6. The number of fused-ring (bicyclic) bond motifs is 1. The Hall–Kier alpha value is -2.42. The van der Waals surface area contributed by atoms with Crippen LogP contribution >= 0.6 is 0 Å². The van der Waals surface area contributed by atoms with E-state index in [1.165, 1.54) is 10.8 Å². The zero-order valence-corrected chi connectivity index (χ0v) is 15.2. The van der Waals surface area contributed by atoms with E-state index in [1.807, 2.05) is 12.1 Å². The van der Waals surface area contributed by atoms with Gasteiger partial charge in [-0.2, -0.15) is 0 Å². The number of amides is 1. The Morgan fingerprint density at radius 3 is 2.54 bits per heavy atom. The van der Waals surface area contributed by atoms with Crippen LogP contribution < -0.4 is 10.6 Å². The molecule has 2 heterocycles. The summed E-state index contributed by atoms with van der Waals surface area (Å²) >= 11 is 0. The highest BCUT2D eigenvalue weighted by Crippen LogP contribution is 2.28. The summed E-state index contributed by atoms with van der Waals surface area (Å²) in [5.74, 6) is 0.894. The third kappa shape index (κ3) is 3.87. The van der Waals surface area contributed by atoms with Crippen molar-refractivity contribution >= 4 is 12.0 Å². The molecular weight excluding hydrogens is 320 g/mol. The van der Waals surface area contributed by atoms with E-state index in [0.29, 0.717) is 18.2 Å². The van der Waals surface area contributed by atoms with Crippen molar-refractivity contribution in [1.82, 2.24) is 4.90 Å². The number of hydrogen-bond acceptors (Lipinski definition) is 2. The number of likely N-dealkylation sites (tertiary alicyclic amines) is 1. The quantitative estimate of drug-likeness (QED) is 0.837. The molecule has 0 bridgehead atoms. The monoisotopic (exact) mass is 346 g/mol. The molecule has 3 heteroatoms. The second kappa shape index (κ2) is 7.86. The lowest BCUT2D eigenvalue weighted by molar-refractivity contribution is -0.132. The van der Waals surface area contributed by atoms with Gasteiger partial charge in [0.2, 0.25) is 5.91 Å². The fourth-order valence-corrected chi connectivity index (χ4v) is 4.11. The third-order valence-electron chi connectivity index (χ3n) is 5.68. The largest absolute Gasteiger partial charge is 0.343 e. The first kappa shape index (κ1) is 17.0. The third-order valence-corrected chi connectivity index (χ3v) is 5.68. The lowest BCUT2D eigenvalue weighted by atomic mass is 9.89. The van der Waals surface area contributed by atoms with E-state index in [-0.39, 0.29) is 6.04 Å². The topological polar surface area (TPSA) is 32.7 Å². The number of carbonyl (C=O) groups is 1. The van der Waals surface area contributed by atoms with Gasteiger partial charge in [0.15, 0.2) is 0 Å². The van der Waals surface area contributed by atoms with Crippen LogP contribution in [0.4, 0.5) is 0 Å². The molecule has 4 rings (SSSR count). The smallest absolute Gasteiger partial charge is 0.222 e. The van der Waals surface area contributed by atoms with Gasteiger partial charge in [-0.1, -0.05) is 54.6 Å². The molecule has 1 unspecified atom stereocenters. The highest BCUT2D eigenvalue weighted by Gasteiger charge is 2.24. The van der Waals surface area contributed by atoms with Crippen molar-refractivity contribution in [3.05, 3.63) is 70.7 Å². The summed E-state index contributed by atoms with van der Waals surface area (Å²) in [5, 5.41) is 2.29. The Bertz CT molecular complexity index is 867. The summed E-state index contributed by atoms with van der Waals surface area (Å²) in [6.07, 6.45) is 6.81. The van der Waals surface area contributed by atoms with Crippen LogP contribution in [0.3, 0.4) is 0 Å². The minimum absolute atomic E-state index is 0.246. The van der Waals surface area contributed by atoms with Crippen LogP contribution in [0.1, 0.15) is 43.6 Å². The van der Waals surface area contributed by atoms with Crippen LogP contribution in [0, 0.1) is 0 Å². The van der Waals surface area contributed by atoms with Gasteiger partial charge in [-0.05, 0) is 48.4 Å².